The fourth-order valence-electron chi connectivity index (χ4n) is 4.52. The Morgan fingerprint density at radius 2 is 1.66 bits per heavy atom. The molecule has 2 aromatic carbocycles. The summed E-state index contributed by atoms with van der Waals surface area (Å²) in [5.41, 5.74) is 3.54. The van der Waals surface area contributed by atoms with Gasteiger partial charge in [-0.05, 0) is 29.8 Å². The lowest BCUT2D eigenvalue weighted by Gasteiger charge is -2.34. The molecule has 2 aliphatic rings. The van der Waals surface area contributed by atoms with Gasteiger partial charge in [-0.1, -0.05) is 12.1 Å². The van der Waals surface area contributed by atoms with Crippen LogP contribution in [0.2, 0.25) is 0 Å². The summed E-state index contributed by atoms with van der Waals surface area (Å²) in [5.74, 6) is 2.81. The van der Waals surface area contributed by atoms with E-state index in [9.17, 15) is 4.79 Å². The van der Waals surface area contributed by atoms with Crippen molar-refractivity contribution in [3.8, 4) is 17.2 Å². The van der Waals surface area contributed by atoms with Crippen LogP contribution in [0.25, 0.3) is 0 Å². The van der Waals surface area contributed by atoms with Crippen LogP contribution in [0, 0.1) is 0 Å². The SMILES string of the molecule is COc1cccc(OC)c1CN1CCOc2ccc(CN3CCN(C(C)=O)CC3)cc2C1. The van der Waals surface area contributed by atoms with E-state index in [4.69, 9.17) is 14.2 Å². The molecular formula is C25H33N3O4. The maximum Gasteiger partial charge on any atom is 0.219 e. The monoisotopic (exact) mass is 439 g/mol. The minimum Gasteiger partial charge on any atom is -0.496 e. The third-order valence-corrected chi connectivity index (χ3v) is 6.32. The number of benzene rings is 2. The van der Waals surface area contributed by atoms with Gasteiger partial charge in [0, 0.05) is 64.8 Å². The van der Waals surface area contributed by atoms with Crippen molar-refractivity contribution < 1.29 is 19.0 Å². The smallest absolute Gasteiger partial charge is 0.219 e. The normalized spacial score (nSPS) is 17.3. The second-order valence-electron chi connectivity index (χ2n) is 8.42. The van der Waals surface area contributed by atoms with E-state index in [2.05, 4.69) is 28.0 Å². The molecule has 4 rings (SSSR count). The highest BCUT2D eigenvalue weighted by Gasteiger charge is 2.21. The molecule has 7 nitrogen and oxygen atoms in total. The third-order valence-electron chi connectivity index (χ3n) is 6.32. The summed E-state index contributed by atoms with van der Waals surface area (Å²) in [4.78, 5) is 18.3. The van der Waals surface area contributed by atoms with Crippen LogP contribution in [-0.4, -0.2) is 74.2 Å². The number of hydrogen-bond donors (Lipinski definition) is 0. The number of amides is 1. The molecule has 172 valence electrons. The lowest BCUT2D eigenvalue weighted by atomic mass is 10.1. The van der Waals surface area contributed by atoms with Gasteiger partial charge in [0.05, 0.1) is 19.8 Å². The number of rotatable bonds is 6. The first-order valence-corrected chi connectivity index (χ1v) is 11.2. The minimum atomic E-state index is 0.165. The molecule has 0 aliphatic carbocycles. The van der Waals surface area contributed by atoms with Gasteiger partial charge < -0.3 is 19.1 Å². The van der Waals surface area contributed by atoms with Crippen LogP contribution < -0.4 is 14.2 Å². The van der Waals surface area contributed by atoms with E-state index in [1.54, 1.807) is 21.1 Å². The van der Waals surface area contributed by atoms with Crippen LogP contribution in [0.4, 0.5) is 0 Å². The van der Waals surface area contributed by atoms with E-state index < -0.39 is 0 Å². The van der Waals surface area contributed by atoms with Gasteiger partial charge in [0.15, 0.2) is 0 Å². The van der Waals surface area contributed by atoms with E-state index in [0.717, 1.165) is 75.2 Å². The topological polar surface area (TPSA) is 54.5 Å². The molecule has 0 unspecified atom stereocenters. The fourth-order valence-corrected chi connectivity index (χ4v) is 4.52. The molecule has 0 radical (unpaired) electrons. The summed E-state index contributed by atoms with van der Waals surface area (Å²) in [7, 11) is 3.39. The average molecular weight is 440 g/mol. The Labute approximate surface area is 190 Å². The zero-order valence-electron chi connectivity index (χ0n) is 19.3. The average Bonchev–Trinajstić information content (AvgIpc) is 3.01. The van der Waals surface area contributed by atoms with Crippen molar-refractivity contribution in [3.63, 3.8) is 0 Å². The van der Waals surface area contributed by atoms with Crippen molar-refractivity contribution in [2.24, 2.45) is 0 Å². The first-order valence-electron chi connectivity index (χ1n) is 11.2. The van der Waals surface area contributed by atoms with E-state index in [1.807, 2.05) is 23.1 Å². The molecular weight excluding hydrogens is 406 g/mol. The summed E-state index contributed by atoms with van der Waals surface area (Å²) in [5, 5.41) is 0. The maximum atomic E-state index is 11.6. The third kappa shape index (κ3) is 5.16. The number of ether oxygens (including phenoxy) is 3. The number of nitrogens with zero attached hydrogens (tertiary/aromatic N) is 3. The molecule has 2 aromatic rings. The molecule has 32 heavy (non-hydrogen) atoms. The largest absolute Gasteiger partial charge is 0.496 e. The van der Waals surface area contributed by atoms with Gasteiger partial charge in [0.2, 0.25) is 5.91 Å². The quantitative estimate of drug-likeness (QED) is 0.690. The second kappa shape index (κ2) is 10.2. The first kappa shape index (κ1) is 22.4. The standard InChI is InChI=1S/C25H33N3O4/c1-19(29)28-11-9-26(10-12-28)16-20-7-8-23-21(15-20)17-27(13-14-32-23)18-22-24(30-2)5-4-6-25(22)31-3/h4-8,15H,9-14,16-18H2,1-3H3. The number of methoxy groups -OCH3 is 2. The van der Waals surface area contributed by atoms with Crippen LogP contribution in [0.1, 0.15) is 23.6 Å². The summed E-state index contributed by atoms with van der Waals surface area (Å²) in [6.45, 7) is 8.98. The highest BCUT2D eigenvalue weighted by Crippen LogP contribution is 2.32. The minimum absolute atomic E-state index is 0.165. The van der Waals surface area contributed by atoms with Gasteiger partial charge in [-0.25, -0.2) is 0 Å². The molecule has 0 bridgehead atoms. The van der Waals surface area contributed by atoms with Gasteiger partial charge in [-0.15, -0.1) is 0 Å². The molecule has 1 amide bonds. The predicted octanol–water partition coefficient (Wildman–Crippen LogP) is 2.76. The van der Waals surface area contributed by atoms with E-state index in [1.165, 1.54) is 11.1 Å². The first-order chi connectivity index (χ1) is 15.6. The fraction of sp³-hybridized carbons (Fsp3) is 0.480. The van der Waals surface area contributed by atoms with E-state index in [-0.39, 0.29) is 5.91 Å². The van der Waals surface area contributed by atoms with Crippen LogP contribution in [0.15, 0.2) is 36.4 Å². The molecule has 0 aromatic heterocycles. The number of carbonyl (C=O) groups excluding carboxylic acids is 1. The Morgan fingerprint density at radius 1 is 0.938 bits per heavy atom. The zero-order chi connectivity index (χ0) is 22.5. The Balaban J connectivity index is 1.45. The summed E-state index contributed by atoms with van der Waals surface area (Å²) >= 11 is 0. The number of hydrogen-bond acceptors (Lipinski definition) is 6. The van der Waals surface area contributed by atoms with Crippen LogP contribution in [0.5, 0.6) is 17.2 Å². The number of carbonyl (C=O) groups is 1. The molecule has 0 atom stereocenters. The molecule has 0 spiro atoms. The van der Waals surface area contributed by atoms with E-state index in [0.29, 0.717) is 6.61 Å². The Hall–Kier alpha value is -2.77. The lowest BCUT2D eigenvalue weighted by Crippen LogP contribution is -2.47. The number of fused-ring (bicyclic) bond motifs is 1. The van der Waals surface area contributed by atoms with Crippen molar-refractivity contribution in [2.45, 2.75) is 26.6 Å². The van der Waals surface area contributed by atoms with Crippen molar-refractivity contribution >= 4 is 5.91 Å². The Morgan fingerprint density at radius 3 is 2.31 bits per heavy atom. The van der Waals surface area contributed by atoms with Crippen LogP contribution in [-0.2, 0) is 24.4 Å². The Bertz CT molecular complexity index is 919. The Kier molecular flexibility index (Phi) is 7.17. The number of piperazine rings is 1. The van der Waals surface area contributed by atoms with Crippen molar-refractivity contribution in [3.05, 3.63) is 53.1 Å². The van der Waals surface area contributed by atoms with Crippen molar-refractivity contribution in [1.82, 2.24) is 14.7 Å². The highest BCUT2D eigenvalue weighted by atomic mass is 16.5. The molecule has 0 N–H and O–H groups in total. The van der Waals surface area contributed by atoms with Gasteiger partial charge in [-0.3, -0.25) is 14.6 Å². The lowest BCUT2D eigenvalue weighted by molar-refractivity contribution is -0.130. The van der Waals surface area contributed by atoms with E-state index >= 15 is 0 Å². The van der Waals surface area contributed by atoms with Crippen molar-refractivity contribution in [1.29, 1.82) is 0 Å². The van der Waals surface area contributed by atoms with Gasteiger partial charge in [0.1, 0.15) is 23.9 Å². The molecule has 1 fully saturated rings. The van der Waals surface area contributed by atoms with Crippen LogP contribution in [0.3, 0.4) is 0 Å². The summed E-state index contributed by atoms with van der Waals surface area (Å²) in [6.07, 6.45) is 0. The molecule has 1 saturated heterocycles. The highest BCUT2D eigenvalue weighted by molar-refractivity contribution is 5.73. The van der Waals surface area contributed by atoms with Gasteiger partial charge in [-0.2, -0.15) is 0 Å². The second-order valence-corrected chi connectivity index (χ2v) is 8.42. The summed E-state index contributed by atoms with van der Waals surface area (Å²) < 4.78 is 17.2. The maximum absolute atomic E-state index is 11.6. The van der Waals surface area contributed by atoms with Crippen LogP contribution >= 0.6 is 0 Å². The van der Waals surface area contributed by atoms with Crippen molar-refractivity contribution in [2.75, 3.05) is 53.6 Å². The predicted molar refractivity (Wildman–Crippen MR) is 123 cm³/mol. The van der Waals surface area contributed by atoms with Gasteiger partial charge in [0.25, 0.3) is 0 Å². The molecule has 0 saturated carbocycles. The zero-order valence-corrected chi connectivity index (χ0v) is 19.3. The molecule has 7 heteroatoms. The van der Waals surface area contributed by atoms with Gasteiger partial charge >= 0.3 is 0 Å². The molecule has 2 heterocycles. The summed E-state index contributed by atoms with van der Waals surface area (Å²) in [6, 6.07) is 12.4. The molecule has 2 aliphatic heterocycles.